The van der Waals surface area contributed by atoms with Gasteiger partial charge in [0.15, 0.2) is 0 Å². The number of rotatable bonds is 6. The zero-order valence-electron chi connectivity index (χ0n) is 9.54. The molecule has 1 aromatic rings. The van der Waals surface area contributed by atoms with Crippen LogP contribution in [0.2, 0.25) is 0 Å². The van der Waals surface area contributed by atoms with Crippen LogP contribution in [-0.2, 0) is 16.6 Å². The molecule has 0 aromatic carbocycles. The van der Waals surface area contributed by atoms with Crippen molar-refractivity contribution in [3.8, 4) is 0 Å². The smallest absolute Gasteiger partial charge is 0.215 e. The fraction of sp³-hybridized carbons (Fsp3) is 0.778. The Labute approximate surface area is 101 Å². The predicted octanol–water partition coefficient (Wildman–Crippen LogP) is -1.05. The van der Waals surface area contributed by atoms with E-state index in [2.05, 4.69) is 20.4 Å². The van der Waals surface area contributed by atoms with E-state index in [0.29, 0.717) is 32.5 Å². The molecule has 0 aliphatic carbocycles. The van der Waals surface area contributed by atoms with Crippen molar-refractivity contribution < 1.29 is 8.42 Å². The van der Waals surface area contributed by atoms with Gasteiger partial charge < -0.3 is 5.32 Å². The lowest BCUT2D eigenvalue weighted by atomic mass is 10.4. The highest BCUT2D eigenvalue weighted by Crippen LogP contribution is 2.07. The van der Waals surface area contributed by atoms with Crippen molar-refractivity contribution >= 4 is 10.0 Å². The Morgan fingerprint density at radius 1 is 1.53 bits per heavy atom. The second-order valence-corrected chi connectivity index (χ2v) is 6.12. The summed E-state index contributed by atoms with van der Waals surface area (Å²) in [5.74, 6) is 0. The standard InChI is InChI=1S/C9H17N5O2S/c15-17(16,9-2-4-10-8-9)12-3-1-6-14-7-5-11-13-14/h5,7,9-10,12H,1-4,6,8H2. The van der Waals surface area contributed by atoms with Crippen molar-refractivity contribution in [2.45, 2.75) is 24.6 Å². The van der Waals surface area contributed by atoms with Crippen LogP contribution in [0.1, 0.15) is 12.8 Å². The molecule has 0 amide bonds. The lowest BCUT2D eigenvalue weighted by Crippen LogP contribution is -2.36. The number of sulfonamides is 1. The Hall–Kier alpha value is -0.990. The molecular weight excluding hydrogens is 242 g/mol. The number of aryl methyl sites for hydroxylation is 1. The molecule has 0 spiro atoms. The molecule has 1 aromatic heterocycles. The Morgan fingerprint density at radius 2 is 2.41 bits per heavy atom. The zero-order valence-corrected chi connectivity index (χ0v) is 10.4. The molecule has 1 atom stereocenters. The van der Waals surface area contributed by atoms with E-state index in [1.165, 1.54) is 0 Å². The highest BCUT2D eigenvalue weighted by Gasteiger charge is 2.27. The van der Waals surface area contributed by atoms with Crippen molar-refractivity contribution in [3.05, 3.63) is 12.4 Å². The fourth-order valence-electron chi connectivity index (χ4n) is 1.82. The van der Waals surface area contributed by atoms with Crippen LogP contribution in [0.25, 0.3) is 0 Å². The zero-order chi connectivity index (χ0) is 12.1. The molecule has 0 radical (unpaired) electrons. The first-order valence-corrected chi connectivity index (χ1v) is 7.26. The van der Waals surface area contributed by atoms with Gasteiger partial charge in [-0.3, -0.25) is 4.68 Å². The number of hydrogen-bond donors (Lipinski definition) is 2. The van der Waals surface area contributed by atoms with Crippen LogP contribution in [0.15, 0.2) is 12.4 Å². The van der Waals surface area contributed by atoms with E-state index in [4.69, 9.17) is 0 Å². The van der Waals surface area contributed by atoms with Gasteiger partial charge in [-0.05, 0) is 19.4 Å². The Kier molecular flexibility index (Phi) is 4.08. The molecule has 1 unspecified atom stereocenters. The molecule has 2 rings (SSSR count). The fourth-order valence-corrected chi connectivity index (χ4v) is 3.25. The third kappa shape index (κ3) is 3.48. The van der Waals surface area contributed by atoms with Crippen molar-refractivity contribution in [1.82, 2.24) is 25.0 Å². The van der Waals surface area contributed by atoms with Gasteiger partial charge in [0.25, 0.3) is 0 Å². The van der Waals surface area contributed by atoms with E-state index < -0.39 is 10.0 Å². The quantitative estimate of drug-likeness (QED) is 0.636. The van der Waals surface area contributed by atoms with E-state index >= 15 is 0 Å². The van der Waals surface area contributed by atoms with Gasteiger partial charge in [0, 0.05) is 25.8 Å². The summed E-state index contributed by atoms with van der Waals surface area (Å²) in [5, 5.41) is 10.3. The van der Waals surface area contributed by atoms with Crippen LogP contribution < -0.4 is 10.0 Å². The molecule has 1 aliphatic heterocycles. The van der Waals surface area contributed by atoms with Crippen LogP contribution in [0, 0.1) is 0 Å². The van der Waals surface area contributed by atoms with Crippen molar-refractivity contribution in [2.75, 3.05) is 19.6 Å². The summed E-state index contributed by atoms with van der Waals surface area (Å²) in [6, 6.07) is 0. The minimum atomic E-state index is -3.16. The predicted molar refractivity (Wildman–Crippen MR) is 62.8 cm³/mol. The van der Waals surface area contributed by atoms with Gasteiger partial charge in [0.05, 0.1) is 11.4 Å². The number of nitrogens with zero attached hydrogens (tertiary/aromatic N) is 3. The van der Waals surface area contributed by atoms with Crippen LogP contribution >= 0.6 is 0 Å². The van der Waals surface area contributed by atoms with Crippen LogP contribution in [-0.4, -0.2) is 48.3 Å². The Morgan fingerprint density at radius 3 is 3.06 bits per heavy atom. The molecule has 7 nitrogen and oxygen atoms in total. The minimum absolute atomic E-state index is 0.283. The van der Waals surface area contributed by atoms with Gasteiger partial charge in [-0.1, -0.05) is 5.21 Å². The molecule has 2 N–H and O–H groups in total. The van der Waals surface area contributed by atoms with Crippen molar-refractivity contribution in [3.63, 3.8) is 0 Å². The van der Waals surface area contributed by atoms with E-state index in [1.54, 1.807) is 17.1 Å². The monoisotopic (exact) mass is 259 g/mol. The van der Waals surface area contributed by atoms with Crippen LogP contribution in [0.5, 0.6) is 0 Å². The first-order valence-electron chi connectivity index (χ1n) is 5.72. The molecule has 2 heterocycles. The topological polar surface area (TPSA) is 88.9 Å². The van der Waals surface area contributed by atoms with Gasteiger partial charge in [-0.25, -0.2) is 13.1 Å². The summed E-state index contributed by atoms with van der Waals surface area (Å²) in [6.45, 7) is 2.45. The maximum Gasteiger partial charge on any atom is 0.215 e. The first-order chi connectivity index (χ1) is 8.18. The van der Waals surface area contributed by atoms with Crippen molar-refractivity contribution in [1.29, 1.82) is 0 Å². The van der Waals surface area contributed by atoms with E-state index in [1.807, 2.05) is 0 Å². The molecule has 8 heteroatoms. The van der Waals surface area contributed by atoms with Gasteiger partial charge in [0.2, 0.25) is 10.0 Å². The SMILES string of the molecule is O=S(=O)(NCCCn1ccnn1)C1CCNC1. The van der Waals surface area contributed by atoms with Gasteiger partial charge in [0.1, 0.15) is 0 Å². The third-order valence-corrected chi connectivity index (χ3v) is 4.68. The molecule has 17 heavy (non-hydrogen) atoms. The summed E-state index contributed by atoms with van der Waals surface area (Å²) in [5.41, 5.74) is 0. The molecule has 1 saturated heterocycles. The molecule has 1 fully saturated rings. The van der Waals surface area contributed by atoms with Crippen LogP contribution in [0.4, 0.5) is 0 Å². The largest absolute Gasteiger partial charge is 0.315 e. The summed E-state index contributed by atoms with van der Waals surface area (Å²) in [4.78, 5) is 0. The average Bonchev–Trinajstić information content (AvgIpc) is 2.97. The van der Waals surface area contributed by atoms with E-state index in [9.17, 15) is 8.42 Å². The number of hydrogen-bond acceptors (Lipinski definition) is 5. The van der Waals surface area contributed by atoms with Gasteiger partial charge in [-0.2, -0.15) is 0 Å². The van der Waals surface area contributed by atoms with E-state index in [0.717, 1.165) is 6.54 Å². The van der Waals surface area contributed by atoms with E-state index in [-0.39, 0.29) is 5.25 Å². The second-order valence-electron chi connectivity index (χ2n) is 4.07. The second kappa shape index (κ2) is 5.56. The lowest BCUT2D eigenvalue weighted by Gasteiger charge is -2.11. The maximum atomic E-state index is 11.8. The summed E-state index contributed by atoms with van der Waals surface area (Å²) < 4.78 is 27.9. The summed E-state index contributed by atoms with van der Waals surface area (Å²) in [7, 11) is -3.16. The van der Waals surface area contributed by atoms with Crippen LogP contribution in [0.3, 0.4) is 0 Å². The highest BCUT2D eigenvalue weighted by molar-refractivity contribution is 7.90. The normalized spacial score (nSPS) is 20.8. The number of aromatic nitrogens is 3. The highest BCUT2D eigenvalue weighted by atomic mass is 32.2. The number of nitrogens with one attached hydrogen (secondary N) is 2. The maximum absolute atomic E-state index is 11.8. The Bertz CT molecular complexity index is 424. The average molecular weight is 259 g/mol. The Balaban J connectivity index is 1.70. The third-order valence-electron chi connectivity index (χ3n) is 2.79. The van der Waals surface area contributed by atoms with Crippen molar-refractivity contribution in [2.24, 2.45) is 0 Å². The minimum Gasteiger partial charge on any atom is -0.315 e. The molecular formula is C9H17N5O2S. The lowest BCUT2D eigenvalue weighted by molar-refractivity contribution is 0.537. The van der Waals surface area contributed by atoms with Gasteiger partial charge >= 0.3 is 0 Å². The summed E-state index contributed by atoms with van der Waals surface area (Å²) >= 11 is 0. The summed E-state index contributed by atoms with van der Waals surface area (Å²) in [6.07, 6.45) is 4.77. The molecule has 1 aliphatic rings. The molecule has 0 saturated carbocycles. The molecule has 96 valence electrons. The first kappa shape index (κ1) is 12.5. The molecule has 0 bridgehead atoms. The van der Waals surface area contributed by atoms with Gasteiger partial charge in [-0.15, -0.1) is 5.10 Å².